The number of aliphatic hydroxyl groups is 1. The van der Waals surface area contributed by atoms with Crippen LogP contribution in [0.5, 0.6) is 17.2 Å². The molecule has 0 spiro atoms. The van der Waals surface area contributed by atoms with Crippen LogP contribution in [-0.4, -0.2) is 54.4 Å². The van der Waals surface area contributed by atoms with Crippen LogP contribution in [0.4, 0.5) is 0 Å². The zero-order valence-electron chi connectivity index (χ0n) is 17.7. The third-order valence-corrected chi connectivity index (χ3v) is 5.13. The molecule has 7 nitrogen and oxygen atoms in total. The van der Waals surface area contributed by atoms with E-state index in [0.29, 0.717) is 29.1 Å². The molecule has 0 heterocycles. The molecule has 0 unspecified atom stereocenters. The fourth-order valence-electron chi connectivity index (χ4n) is 2.74. The van der Waals surface area contributed by atoms with Gasteiger partial charge in [0.15, 0.2) is 18.1 Å². The van der Waals surface area contributed by atoms with Crippen LogP contribution in [0.2, 0.25) is 0 Å². The molecule has 0 aliphatic heterocycles. The summed E-state index contributed by atoms with van der Waals surface area (Å²) in [7, 11) is 3.35. The molecule has 30 heavy (non-hydrogen) atoms. The molecule has 0 saturated carbocycles. The Morgan fingerprint density at radius 1 is 1.20 bits per heavy atom. The van der Waals surface area contributed by atoms with Crippen LogP contribution in [0, 0.1) is 0 Å². The predicted molar refractivity (Wildman–Crippen MR) is 119 cm³/mol. The zero-order chi connectivity index (χ0) is 22.3. The lowest BCUT2D eigenvalue weighted by molar-refractivity contribution is -0.130. The number of carbonyl (C=O) groups is 1. The Balaban J connectivity index is 2.08. The third kappa shape index (κ3) is 6.62. The van der Waals surface area contributed by atoms with Crippen molar-refractivity contribution in [2.24, 2.45) is 0 Å². The fourth-order valence-corrected chi connectivity index (χ4v) is 3.34. The van der Waals surface area contributed by atoms with Crippen LogP contribution in [-0.2, 0) is 11.3 Å². The summed E-state index contributed by atoms with van der Waals surface area (Å²) in [5.41, 5.74) is 1.65. The second-order valence-electron chi connectivity index (χ2n) is 7.12. The molecule has 8 heteroatoms. The first-order chi connectivity index (χ1) is 14.2. The predicted octanol–water partition coefficient (Wildman–Crippen LogP) is 3.23. The minimum atomic E-state index is -0.722. The summed E-state index contributed by atoms with van der Waals surface area (Å²) in [5.74, 6) is 1.04. The molecule has 2 atom stereocenters. The molecule has 0 aliphatic rings. The van der Waals surface area contributed by atoms with Gasteiger partial charge in [0, 0.05) is 26.7 Å². The van der Waals surface area contributed by atoms with Gasteiger partial charge in [0.25, 0.3) is 5.91 Å². The van der Waals surface area contributed by atoms with Crippen molar-refractivity contribution in [2.45, 2.75) is 32.5 Å². The molecule has 2 rings (SSSR count). The molecular formula is C22H29BrN2O5. The van der Waals surface area contributed by atoms with Crippen LogP contribution in [0.15, 0.2) is 40.9 Å². The van der Waals surface area contributed by atoms with Crippen molar-refractivity contribution in [1.29, 1.82) is 0 Å². The number of ether oxygens (including phenoxy) is 2. The van der Waals surface area contributed by atoms with Gasteiger partial charge >= 0.3 is 0 Å². The number of phenolic OH excluding ortho intramolecular Hbond substituents is 1. The van der Waals surface area contributed by atoms with E-state index in [1.807, 2.05) is 26.0 Å². The Morgan fingerprint density at radius 2 is 1.87 bits per heavy atom. The van der Waals surface area contributed by atoms with Gasteiger partial charge in [0.1, 0.15) is 5.75 Å². The first-order valence-corrected chi connectivity index (χ1v) is 10.5. The first kappa shape index (κ1) is 24.0. The summed E-state index contributed by atoms with van der Waals surface area (Å²) in [5, 5.41) is 23.2. The van der Waals surface area contributed by atoms with Crippen molar-refractivity contribution >= 4 is 21.8 Å². The van der Waals surface area contributed by atoms with Crippen molar-refractivity contribution < 1.29 is 24.5 Å². The van der Waals surface area contributed by atoms with E-state index >= 15 is 0 Å². The number of aromatic hydroxyl groups is 1. The highest BCUT2D eigenvalue weighted by atomic mass is 79.9. The van der Waals surface area contributed by atoms with Crippen LogP contribution < -0.4 is 14.8 Å². The van der Waals surface area contributed by atoms with Crippen LogP contribution >= 0.6 is 15.9 Å². The largest absolute Gasteiger partial charge is 0.508 e. The summed E-state index contributed by atoms with van der Waals surface area (Å²) in [6, 6.07) is 10.0. The van der Waals surface area contributed by atoms with Gasteiger partial charge in [0.05, 0.1) is 17.2 Å². The molecule has 0 saturated heterocycles. The highest BCUT2D eigenvalue weighted by Gasteiger charge is 2.18. The van der Waals surface area contributed by atoms with E-state index in [1.165, 1.54) is 4.90 Å². The molecule has 0 fully saturated rings. The quantitative estimate of drug-likeness (QED) is 0.483. The Hall–Kier alpha value is -2.29. The van der Waals surface area contributed by atoms with Gasteiger partial charge in [-0.25, -0.2) is 0 Å². The lowest BCUT2D eigenvalue weighted by Gasteiger charge is -2.22. The van der Waals surface area contributed by atoms with E-state index in [9.17, 15) is 15.0 Å². The van der Waals surface area contributed by atoms with E-state index in [1.54, 1.807) is 38.4 Å². The molecule has 2 aromatic rings. The van der Waals surface area contributed by atoms with Crippen molar-refractivity contribution in [3.05, 3.63) is 52.0 Å². The summed E-state index contributed by atoms with van der Waals surface area (Å²) >= 11 is 3.50. The Labute approximate surface area is 185 Å². The average molecular weight is 481 g/mol. The van der Waals surface area contributed by atoms with Gasteiger partial charge in [-0.1, -0.05) is 12.1 Å². The summed E-state index contributed by atoms with van der Waals surface area (Å²) in [4.78, 5) is 13.3. The second-order valence-corrected chi connectivity index (χ2v) is 7.98. The summed E-state index contributed by atoms with van der Waals surface area (Å²) in [6.45, 7) is 4.63. The fraction of sp³-hybridized carbons (Fsp3) is 0.409. The second kappa shape index (κ2) is 11.2. The molecule has 3 N–H and O–H groups in total. The molecular weight excluding hydrogens is 452 g/mol. The van der Waals surface area contributed by atoms with Crippen LogP contribution in [0.3, 0.4) is 0 Å². The molecule has 2 aromatic carbocycles. The SMILES string of the molecule is CCOc1cc(CN[C@H](C)[C@@H](O)c2ccc(O)cc2)cc(Br)c1OCC(=O)N(C)C. The van der Waals surface area contributed by atoms with E-state index in [-0.39, 0.29) is 24.3 Å². The van der Waals surface area contributed by atoms with Gasteiger partial charge in [-0.05, 0) is 65.2 Å². The maximum absolute atomic E-state index is 11.8. The number of hydrogen-bond donors (Lipinski definition) is 3. The van der Waals surface area contributed by atoms with E-state index in [4.69, 9.17) is 9.47 Å². The lowest BCUT2D eigenvalue weighted by atomic mass is 10.0. The summed E-state index contributed by atoms with van der Waals surface area (Å²) in [6.07, 6.45) is -0.722. The van der Waals surface area contributed by atoms with Gasteiger partial charge in [-0.3, -0.25) is 4.79 Å². The molecule has 0 aliphatic carbocycles. The average Bonchev–Trinajstić information content (AvgIpc) is 2.71. The number of benzene rings is 2. The van der Waals surface area contributed by atoms with E-state index in [0.717, 1.165) is 11.1 Å². The number of phenols is 1. The number of halogens is 1. The number of likely N-dealkylation sites (N-methyl/N-ethyl adjacent to an activating group) is 1. The van der Waals surface area contributed by atoms with Gasteiger partial charge < -0.3 is 29.9 Å². The number of nitrogens with one attached hydrogen (secondary N) is 1. The number of rotatable bonds is 10. The van der Waals surface area contributed by atoms with Crippen molar-refractivity contribution in [1.82, 2.24) is 10.2 Å². The Morgan fingerprint density at radius 3 is 2.47 bits per heavy atom. The standard InChI is InChI=1S/C22H29BrN2O5/c1-5-29-19-11-15(10-18(23)22(19)30-13-20(27)25(3)4)12-24-14(2)21(28)16-6-8-17(26)9-7-16/h6-11,14,21,24,26,28H,5,12-13H2,1-4H3/t14-,21-/m1/s1. The van der Waals surface area contributed by atoms with Crippen LogP contribution in [0.25, 0.3) is 0 Å². The Kier molecular flexibility index (Phi) is 8.95. The maximum atomic E-state index is 11.8. The van der Waals surface area contributed by atoms with Crippen molar-refractivity contribution in [3.63, 3.8) is 0 Å². The molecule has 0 aromatic heterocycles. The topological polar surface area (TPSA) is 91.3 Å². The normalized spacial score (nSPS) is 12.9. The highest BCUT2D eigenvalue weighted by Crippen LogP contribution is 2.37. The van der Waals surface area contributed by atoms with Crippen molar-refractivity contribution in [3.8, 4) is 17.2 Å². The smallest absolute Gasteiger partial charge is 0.259 e. The number of hydrogen-bond acceptors (Lipinski definition) is 6. The minimum Gasteiger partial charge on any atom is -0.508 e. The minimum absolute atomic E-state index is 0.0842. The number of aliphatic hydroxyl groups excluding tert-OH is 1. The van der Waals surface area contributed by atoms with E-state index < -0.39 is 6.10 Å². The molecule has 164 valence electrons. The lowest BCUT2D eigenvalue weighted by Crippen LogP contribution is -2.31. The summed E-state index contributed by atoms with van der Waals surface area (Å²) < 4.78 is 12.1. The first-order valence-electron chi connectivity index (χ1n) is 9.71. The van der Waals surface area contributed by atoms with Gasteiger partial charge in [0.2, 0.25) is 0 Å². The maximum Gasteiger partial charge on any atom is 0.259 e. The van der Waals surface area contributed by atoms with Crippen molar-refractivity contribution in [2.75, 3.05) is 27.3 Å². The number of nitrogens with zero attached hydrogens (tertiary/aromatic N) is 1. The van der Waals surface area contributed by atoms with Gasteiger partial charge in [-0.2, -0.15) is 0 Å². The van der Waals surface area contributed by atoms with E-state index in [2.05, 4.69) is 21.2 Å². The Bertz CT molecular complexity index is 842. The molecule has 1 amide bonds. The number of carbonyl (C=O) groups excluding carboxylic acids is 1. The zero-order valence-corrected chi connectivity index (χ0v) is 19.3. The molecule has 0 radical (unpaired) electrons. The number of amides is 1. The third-order valence-electron chi connectivity index (χ3n) is 4.54. The van der Waals surface area contributed by atoms with Crippen LogP contribution in [0.1, 0.15) is 31.1 Å². The monoisotopic (exact) mass is 480 g/mol. The molecule has 0 bridgehead atoms. The highest BCUT2D eigenvalue weighted by molar-refractivity contribution is 9.10. The van der Waals surface area contributed by atoms with Gasteiger partial charge in [-0.15, -0.1) is 0 Å².